The van der Waals surface area contributed by atoms with Crippen molar-refractivity contribution in [1.82, 2.24) is 0 Å². The molecular formula is C28H21BrO4. The highest BCUT2D eigenvalue weighted by Crippen LogP contribution is 2.38. The zero-order valence-corrected chi connectivity index (χ0v) is 19.8. The van der Waals surface area contributed by atoms with Crippen LogP contribution in [0, 0.1) is 0 Å². The molecule has 5 heteroatoms. The molecule has 164 valence electrons. The van der Waals surface area contributed by atoms with Gasteiger partial charge in [-0.05, 0) is 50.3 Å². The standard InChI is InChI=1S/C28H21BrO4/c1-17(2)31-22-11-7-6-8-18(22)12-14-24-26-25(27(32-24)19-9-4-3-5-10-19)21-16-20(29)13-15-23(21)33-28(26)30/h3-17H,1-2H3/b14-12+. The third-order valence-electron chi connectivity index (χ3n) is 5.29. The topological polar surface area (TPSA) is 52.6 Å². The molecule has 5 rings (SSSR count). The van der Waals surface area contributed by atoms with Crippen LogP contribution in [0.1, 0.15) is 25.2 Å². The second-order valence-electron chi connectivity index (χ2n) is 7.98. The maximum atomic E-state index is 13.1. The molecular weight excluding hydrogens is 480 g/mol. The summed E-state index contributed by atoms with van der Waals surface area (Å²) in [5, 5.41) is 1.96. The minimum absolute atomic E-state index is 0.0468. The summed E-state index contributed by atoms with van der Waals surface area (Å²) in [5.41, 5.74) is 1.86. The fourth-order valence-electron chi connectivity index (χ4n) is 3.90. The second kappa shape index (κ2) is 8.75. The predicted octanol–water partition coefficient (Wildman–Crippen LogP) is 7.93. The van der Waals surface area contributed by atoms with Crippen molar-refractivity contribution in [3.63, 3.8) is 0 Å². The quantitative estimate of drug-likeness (QED) is 0.230. The molecule has 3 aromatic carbocycles. The first-order valence-electron chi connectivity index (χ1n) is 10.7. The molecule has 0 atom stereocenters. The van der Waals surface area contributed by atoms with Gasteiger partial charge < -0.3 is 13.6 Å². The van der Waals surface area contributed by atoms with Crippen molar-refractivity contribution < 1.29 is 13.6 Å². The highest BCUT2D eigenvalue weighted by Gasteiger charge is 2.21. The summed E-state index contributed by atoms with van der Waals surface area (Å²) in [6.07, 6.45) is 3.75. The Kier molecular flexibility index (Phi) is 5.65. The van der Waals surface area contributed by atoms with Crippen molar-refractivity contribution in [2.45, 2.75) is 20.0 Å². The summed E-state index contributed by atoms with van der Waals surface area (Å²) in [4.78, 5) is 13.1. The number of para-hydroxylation sites is 1. The van der Waals surface area contributed by atoms with Gasteiger partial charge in [0.2, 0.25) is 0 Å². The zero-order chi connectivity index (χ0) is 22.9. The Morgan fingerprint density at radius 3 is 2.42 bits per heavy atom. The Hall–Kier alpha value is -3.57. The van der Waals surface area contributed by atoms with Crippen LogP contribution in [0.15, 0.2) is 90.9 Å². The smallest absolute Gasteiger partial charge is 0.348 e. The first kappa shape index (κ1) is 21.3. The van der Waals surface area contributed by atoms with Crippen LogP contribution in [0.25, 0.3) is 45.2 Å². The molecule has 0 radical (unpaired) electrons. The van der Waals surface area contributed by atoms with E-state index in [4.69, 9.17) is 13.6 Å². The molecule has 0 N–H and O–H groups in total. The molecule has 0 aliphatic rings. The van der Waals surface area contributed by atoms with E-state index in [-0.39, 0.29) is 6.10 Å². The minimum atomic E-state index is -0.433. The predicted molar refractivity (Wildman–Crippen MR) is 137 cm³/mol. The molecule has 33 heavy (non-hydrogen) atoms. The number of hydrogen-bond acceptors (Lipinski definition) is 4. The van der Waals surface area contributed by atoms with E-state index in [0.717, 1.165) is 32.1 Å². The van der Waals surface area contributed by atoms with Gasteiger partial charge in [0.15, 0.2) is 0 Å². The molecule has 0 aliphatic carbocycles. The van der Waals surface area contributed by atoms with Gasteiger partial charge in [0.25, 0.3) is 0 Å². The third kappa shape index (κ3) is 4.12. The molecule has 0 saturated heterocycles. The summed E-state index contributed by atoms with van der Waals surface area (Å²) < 4.78 is 18.8. The van der Waals surface area contributed by atoms with Crippen LogP contribution in [-0.2, 0) is 0 Å². The van der Waals surface area contributed by atoms with Crippen molar-refractivity contribution in [2.24, 2.45) is 0 Å². The normalized spacial score (nSPS) is 11.8. The molecule has 0 bridgehead atoms. The highest BCUT2D eigenvalue weighted by molar-refractivity contribution is 9.10. The summed E-state index contributed by atoms with van der Waals surface area (Å²) in [6.45, 7) is 3.97. The lowest BCUT2D eigenvalue weighted by Crippen LogP contribution is -2.06. The van der Waals surface area contributed by atoms with Gasteiger partial charge in [-0.15, -0.1) is 0 Å². The molecule has 5 aromatic rings. The van der Waals surface area contributed by atoms with Gasteiger partial charge in [-0.1, -0.05) is 64.5 Å². The molecule has 0 unspecified atom stereocenters. The molecule has 2 heterocycles. The van der Waals surface area contributed by atoms with Crippen LogP contribution >= 0.6 is 15.9 Å². The van der Waals surface area contributed by atoms with Crippen molar-refractivity contribution in [3.05, 3.63) is 99.0 Å². The van der Waals surface area contributed by atoms with Crippen LogP contribution in [0.3, 0.4) is 0 Å². The van der Waals surface area contributed by atoms with E-state index in [0.29, 0.717) is 22.5 Å². The van der Waals surface area contributed by atoms with Crippen LogP contribution in [0.4, 0.5) is 0 Å². The minimum Gasteiger partial charge on any atom is -0.490 e. The van der Waals surface area contributed by atoms with Crippen LogP contribution in [0.2, 0.25) is 0 Å². The SMILES string of the molecule is CC(C)Oc1ccccc1/C=C/c1oc(-c2ccccc2)c2c1c(=O)oc1ccc(Br)cc12. The number of benzene rings is 3. The van der Waals surface area contributed by atoms with Crippen LogP contribution in [0.5, 0.6) is 5.75 Å². The fraction of sp³-hybridized carbons (Fsp3) is 0.107. The summed E-state index contributed by atoms with van der Waals surface area (Å²) in [5.74, 6) is 1.84. The van der Waals surface area contributed by atoms with E-state index in [1.165, 1.54) is 0 Å². The van der Waals surface area contributed by atoms with Crippen LogP contribution in [-0.4, -0.2) is 6.10 Å². The number of hydrogen-bond donors (Lipinski definition) is 0. The Morgan fingerprint density at radius 1 is 0.879 bits per heavy atom. The molecule has 0 aliphatic heterocycles. The Balaban J connectivity index is 1.76. The first-order chi connectivity index (χ1) is 16.0. The molecule has 0 fully saturated rings. The molecule has 4 nitrogen and oxygen atoms in total. The van der Waals surface area contributed by atoms with Crippen molar-refractivity contribution >= 4 is 49.8 Å². The van der Waals surface area contributed by atoms with E-state index in [1.807, 2.05) is 86.7 Å². The Morgan fingerprint density at radius 2 is 1.64 bits per heavy atom. The van der Waals surface area contributed by atoms with E-state index < -0.39 is 5.63 Å². The van der Waals surface area contributed by atoms with Gasteiger partial charge >= 0.3 is 5.63 Å². The lowest BCUT2D eigenvalue weighted by Gasteiger charge is -2.11. The average Bonchev–Trinajstić information content (AvgIpc) is 3.20. The molecule has 0 amide bonds. The third-order valence-corrected chi connectivity index (χ3v) is 5.78. The van der Waals surface area contributed by atoms with Gasteiger partial charge in [0.05, 0.1) is 6.10 Å². The monoisotopic (exact) mass is 500 g/mol. The van der Waals surface area contributed by atoms with E-state index in [1.54, 1.807) is 12.1 Å². The number of fused-ring (bicyclic) bond motifs is 3. The summed E-state index contributed by atoms with van der Waals surface area (Å²) >= 11 is 3.53. The van der Waals surface area contributed by atoms with E-state index in [9.17, 15) is 4.79 Å². The maximum Gasteiger partial charge on any atom is 0.348 e. The van der Waals surface area contributed by atoms with E-state index >= 15 is 0 Å². The number of halogens is 1. The number of furan rings is 1. The van der Waals surface area contributed by atoms with Gasteiger partial charge in [0.1, 0.15) is 28.2 Å². The number of rotatable bonds is 5. The van der Waals surface area contributed by atoms with E-state index in [2.05, 4.69) is 15.9 Å². The van der Waals surface area contributed by atoms with Gasteiger partial charge in [0, 0.05) is 26.4 Å². The van der Waals surface area contributed by atoms with Crippen molar-refractivity contribution in [2.75, 3.05) is 0 Å². The molecule has 0 spiro atoms. The van der Waals surface area contributed by atoms with Crippen molar-refractivity contribution in [3.8, 4) is 17.1 Å². The lowest BCUT2D eigenvalue weighted by atomic mass is 10.0. The maximum absolute atomic E-state index is 13.1. The Bertz CT molecular complexity index is 1540. The fourth-order valence-corrected chi connectivity index (χ4v) is 4.26. The van der Waals surface area contributed by atoms with Gasteiger partial charge in [-0.3, -0.25) is 0 Å². The van der Waals surface area contributed by atoms with Gasteiger partial charge in [-0.25, -0.2) is 4.79 Å². The number of ether oxygens (including phenoxy) is 1. The van der Waals surface area contributed by atoms with Crippen molar-refractivity contribution in [1.29, 1.82) is 0 Å². The largest absolute Gasteiger partial charge is 0.490 e. The second-order valence-corrected chi connectivity index (χ2v) is 8.89. The summed E-state index contributed by atoms with van der Waals surface area (Å²) in [6, 6.07) is 23.1. The van der Waals surface area contributed by atoms with Gasteiger partial charge in [-0.2, -0.15) is 0 Å². The first-order valence-corrected chi connectivity index (χ1v) is 11.5. The Labute approximate surface area is 199 Å². The highest BCUT2D eigenvalue weighted by atomic mass is 79.9. The lowest BCUT2D eigenvalue weighted by molar-refractivity contribution is 0.242. The van der Waals surface area contributed by atoms with Crippen LogP contribution < -0.4 is 10.4 Å². The summed E-state index contributed by atoms with van der Waals surface area (Å²) in [7, 11) is 0. The average molecular weight is 501 g/mol. The molecule has 0 saturated carbocycles. The zero-order valence-electron chi connectivity index (χ0n) is 18.2. The molecule has 2 aromatic heterocycles.